The number of aliphatic hydroxyl groups is 2. The molecule has 23 heavy (non-hydrogen) atoms. The fourth-order valence-corrected chi connectivity index (χ4v) is 1.97. The monoisotopic (exact) mass is 320 g/mol. The first-order valence-corrected chi connectivity index (χ1v) is 6.93. The fourth-order valence-electron chi connectivity index (χ4n) is 1.97. The highest BCUT2D eigenvalue weighted by Crippen LogP contribution is 2.22. The van der Waals surface area contributed by atoms with Crippen molar-refractivity contribution in [2.45, 2.75) is 18.8 Å². The van der Waals surface area contributed by atoms with E-state index < -0.39 is 18.2 Å². The standard InChI is InChI=1S/C17H17FO5/c1-22-17(21)16(20)15(19)11-6-8-13(9-7-11)23-10-12-4-2-3-5-14(12)18/h2-9,15-16,19-20H,10H2,1H3. The molecule has 122 valence electrons. The number of hydrogen-bond acceptors (Lipinski definition) is 5. The van der Waals surface area contributed by atoms with Crippen LogP contribution in [0.15, 0.2) is 48.5 Å². The molecule has 5 nitrogen and oxygen atoms in total. The summed E-state index contributed by atoms with van der Waals surface area (Å²) < 4.78 is 23.3. The Bertz CT molecular complexity index is 656. The second-order valence-corrected chi connectivity index (χ2v) is 4.86. The summed E-state index contributed by atoms with van der Waals surface area (Å²) in [6.45, 7) is 0.0688. The first kappa shape index (κ1) is 16.9. The molecule has 6 heteroatoms. The number of carbonyl (C=O) groups excluding carboxylic acids is 1. The van der Waals surface area contributed by atoms with Gasteiger partial charge in [-0.05, 0) is 23.8 Å². The Balaban J connectivity index is 1.99. The maximum atomic E-state index is 13.5. The molecular formula is C17H17FO5. The highest BCUT2D eigenvalue weighted by Gasteiger charge is 2.26. The molecule has 0 saturated heterocycles. The van der Waals surface area contributed by atoms with Crippen molar-refractivity contribution in [3.8, 4) is 5.75 Å². The molecule has 0 saturated carbocycles. The number of rotatable bonds is 6. The highest BCUT2D eigenvalue weighted by atomic mass is 19.1. The van der Waals surface area contributed by atoms with Crippen molar-refractivity contribution in [3.05, 3.63) is 65.5 Å². The van der Waals surface area contributed by atoms with Crippen LogP contribution >= 0.6 is 0 Å². The van der Waals surface area contributed by atoms with Crippen LogP contribution in [-0.2, 0) is 16.1 Å². The van der Waals surface area contributed by atoms with E-state index in [9.17, 15) is 19.4 Å². The van der Waals surface area contributed by atoms with Crippen LogP contribution in [0.2, 0.25) is 0 Å². The molecule has 2 unspecified atom stereocenters. The molecule has 2 aromatic carbocycles. The second-order valence-electron chi connectivity index (χ2n) is 4.86. The van der Waals surface area contributed by atoms with Crippen molar-refractivity contribution in [3.63, 3.8) is 0 Å². The third-order valence-corrected chi connectivity index (χ3v) is 3.32. The van der Waals surface area contributed by atoms with Crippen molar-refractivity contribution in [1.29, 1.82) is 0 Å². The third-order valence-electron chi connectivity index (χ3n) is 3.32. The van der Waals surface area contributed by atoms with Gasteiger partial charge in [-0.25, -0.2) is 9.18 Å². The molecule has 0 fully saturated rings. The van der Waals surface area contributed by atoms with Crippen LogP contribution in [0.1, 0.15) is 17.2 Å². The Hall–Kier alpha value is -2.44. The molecule has 0 aliphatic carbocycles. The summed E-state index contributed by atoms with van der Waals surface area (Å²) in [5.41, 5.74) is 0.763. The van der Waals surface area contributed by atoms with Gasteiger partial charge in [0, 0.05) is 5.56 Å². The lowest BCUT2D eigenvalue weighted by atomic mass is 10.0. The molecular weight excluding hydrogens is 303 g/mol. The average molecular weight is 320 g/mol. The van der Waals surface area contributed by atoms with E-state index in [1.165, 1.54) is 18.2 Å². The van der Waals surface area contributed by atoms with Gasteiger partial charge in [-0.3, -0.25) is 0 Å². The van der Waals surface area contributed by atoms with Gasteiger partial charge in [-0.15, -0.1) is 0 Å². The minimum Gasteiger partial charge on any atom is -0.489 e. The van der Waals surface area contributed by atoms with Gasteiger partial charge in [0.05, 0.1) is 7.11 Å². The van der Waals surface area contributed by atoms with Crippen molar-refractivity contribution in [2.75, 3.05) is 7.11 Å². The van der Waals surface area contributed by atoms with Crippen LogP contribution in [0.4, 0.5) is 4.39 Å². The van der Waals surface area contributed by atoms with E-state index in [4.69, 9.17) is 4.74 Å². The number of ether oxygens (including phenoxy) is 2. The van der Waals surface area contributed by atoms with E-state index >= 15 is 0 Å². The Kier molecular flexibility index (Phi) is 5.67. The lowest BCUT2D eigenvalue weighted by Crippen LogP contribution is -2.28. The Morgan fingerprint density at radius 2 is 1.78 bits per heavy atom. The number of hydrogen-bond donors (Lipinski definition) is 2. The molecule has 0 bridgehead atoms. The Morgan fingerprint density at radius 1 is 1.13 bits per heavy atom. The quantitative estimate of drug-likeness (QED) is 0.796. The maximum absolute atomic E-state index is 13.5. The van der Waals surface area contributed by atoms with Crippen LogP contribution in [0.5, 0.6) is 5.75 Å². The van der Waals surface area contributed by atoms with E-state index in [0.717, 1.165) is 7.11 Å². The van der Waals surface area contributed by atoms with Crippen molar-refractivity contribution < 1.29 is 28.9 Å². The van der Waals surface area contributed by atoms with Gasteiger partial charge in [0.2, 0.25) is 0 Å². The zero-order chi connectivity index (χ0) is 16.8. The number of halogens is 1. The Morgan fingerprint density at radius 3 is 2.39 bits per heavy atom. The molecule has 2 rings (SSSR count). The summed E-state index contributed by atoms with van der Waals surface area (Å²) in [5.74, 6) is -0.796. The Labute approximate surface area is 132 Å². The van der Waals surface area contributed by atoms with E-state index in [2.05, 4.69) is 4.74 Å². The number of benzene rings is 2. The number of methoxy groups -OCH3 is 1. The van der Waals surface area contributed by atoms with Gasteiger partial charge < -0.3 is 19.7 Å². The van der Waals surface area contributed by atoms with E-state index in [0.29, 0.717) is 16.9 Å². The molecule has 0 aromatic heterocycles. The van der Waals surface area contributed by atoms with Gasteiger partial charge in [0.1, 0.15) is 24.3 Å². The summed E-state index contributed by atoms with van der Waals surface area (Å²) in [4.78, 5) is 11.2. The molecule has 2 atom stereocenters. The third kappa shape index (κ3) is 4.28. The van der Waals surface area contributed by atoms with Gasteiger partial charge in [0.15, 0.2) is 6.10 Å². The lowest BCUT2D eigenvalue weighted by Gasteiger charge is -2.16. The second kappa shape index (κ2) is 7.71. The minimum absolute atomic E-state index is 0.0688. The molecule has 0 aliphatic heterocycles. The summed E-state index contributed by atoms with van der Waals surface area (Å²) in [6, 6.07) is 12.4. The predicted octanol–water partition coefficient (Wildman–Crippen LogP) is 1.97. The molecule has 0 aliphatic rings. The smallest absolute Gasteiger partial charge is 0.337 e. The van der Waals surface area contributed by atoms with Crippen molar-refractivity contribution in [2.24, 2.45) is 0 Å². The van der Waals surface area contributed by atoms with E-state index in [1.807, 2.05) is 0 Å². The van der Waals surface area contributed by atoms with E-state index in [-0.39, 0.29) is 12.4 Å². The summed E-state index contributed by atoms with van der Waals surface area (Å²) in [5, 5.41) is 19.5. The zero-order valence-electron chi connectivity index (χ0n) is 12.5. The molecule has 0 heterocycles. The maximum Gasteiger partial charge on any atom is 0.337 e. The number of carbonyl (C=O) groups is 1. The fraction of sp³-hybridized carbons (Fsp3) is 0.235. The van der Waals surface area contributed by atoms with Crippen LogP contribution < -0.4 is 4.74 Å². The van der Waals surface area contributed by atoms with Crippen molar-refractivity contribution in [1.82, 2.24) is 0 Å². The predicted molar refractivity (Wildman–Crippen MR) is 80.2 cm³/mol. The normalized spacial score (nSPS) is 13.2. The van der Waals surface area contributed by atoms with Crippen LogP contribution in [-0.4, -0.2) is 29.4 Å². The van der Waals surface area contributed by atoms with Crippen LogP contribution in [0.3, 0.4) is 0 Å². The van der Waals surface area contributed by atoms with Gasteiger partial charge in [-0.1, -0.05) is 30.3 Å². The minimum atomic E-state index is -1.66. The highest BCUT2D eigenvalue weighted by molar-refractivity contribution is 5.75. The van der Waals surface area contributed by atoms with Crippen LogP contribution in [0.25, 0.3) is 0 Å². The summed E-state index contributed by atoms with van der Waals surface area (Å²) in [7, 11) is 1.12. The van der Waals surface area contributed by atoms with Gasteiger partial charge >= 0.3 is 5.97 Å². The number of aliphatic hydroxyl groups excluding tert-OH is 2. The molecule has 0 radical (unpaired) electrons. The van der Waals surface area contributed by atoms with Gasteiger partial charge in [0.25, 0.3) is 0 Å². The molecule has 2 N–H and O–H groups in total. The average Bonchev–Trinajstić information content (AvgIpc) is 2.59. The van der Waals surface area contributed by atoms with E-state index in [1.54, 1.807) is 30.3 Å². The lowest BCUT2D eigenvalue weighted by molar-refractivity contribution is -0.156. The molecule has 0 spiro atoms. The molecule has 0 amide bonds. The first-order valence-electron chi connectivity index (χ1n) is 6.93. The SMILES string of the molecule is COC(=O)C(O)C(O)c1ccc(OCc2ccccc2F)cc1. The van der Waals surface area contributed by atoms with Gasteiger partial charge in [-0.2, -0.15) is 0 Å². The number of esters is 1. The summed E-state index contributed by atoms with van der Waals surface area (Å²) in [6.07, 6.45) is -3.06. The van der Waals surface area contributed by atoms with Crippen molar-refractivity contribution >= 4 is 5.97 Å². The largest absolute Gasteiger partial charge is 0.489 e. The topological polar surface area (TPSA) is 76.0 Å². The first-order chi connectivity index (χ1) is 11.0. The van der Waals surface area contributed by atoms with Crippen LogP contribution in [0, 0.1) is 5.82 Å². The zero-order valence-corrected chi connectivity index (χ0v) is 12.5. The molecule has 2 aromatic rings. The summed E-state index contributed by atoms with van der Waals surface area (Å²) >= 11 is 0.